The van der Waals surface area contributed by atoms with Gasteiger partial charge >= 0.3 is 0 Å². The minimum absolute atomic E-state index is 0.0000810. The van der Waals surface area contributed by atoms with Crippen LogP contribution in [0.25, 0.3) is 0 Å². The molecule has 0 saturated carbocycles. The normalized spacial score (nSPS) is 16.8. The summed E-state index contributed by atoms with van der Waals surface area (Å²) >= 11 is 0. The molecule has 1 saturated heterocycles. The van der Waals surface area contributed by atoms with Crippen molar-refractivity contribution >= 4 is 5.91 Å². The first-order valence-corrected chi connectivity index (χ1v) is 8.11. The van der Waals surface area contributed by atoms with Gasteiger partial charge in [-0.2, -0.15) is 0 Å². The van der Waals surface area contributed by atoms with Crippen molar-refractivity contribution in [3.8, 4) is 11.5 Å². The number of benzene rings is 1. The van der Waals surface area contributed by atoms with Crippen molar-refractivity contribution in [3.63, 3.8) is 0 Å². The van der Waals surface area contributed by atoms with Crippen molar-refractivity contribution in [1.82, 2.24) is 10.6 Å². The molecule has 0 aromatic heterocycles. The van der Waals surface area contributed by atoms with E-state index < -0.39 is 0 Å². The average molecular weight is 318 g/mol. The van der Waals surface area contributed by atoms with E-state index >= 15 is 0 Å². The fraction of sp³-hybridized carbons (Fsp3) is 0.500. The number of hydrogen-bond donors (Lipinski definition) is 2. The lowest BCUT2D eigenvalue weighted by Gasteiger charge is -2.13. The highest BCUT2D eigenvalue weighted by Gasteiger charge is 2.14. The van der Waals surface area contributed by atoms with Gasteiger partial charge in [0.15, 0.2) is 18.1 Å². The lowest BCUT2D eigenvalue weighted by Crippen LogP contribution is -2.31. The van der Waals surface area contributed by atoms with Crippen LogP contribution >= 0.6 is 0 Å². The minimum atomic E-state index is -0.104. The van der Waals surface area contributed by atoms with Crippen molar-refractivity contribution in [3.05, 3.63) is 36.4 Å². The Balaban J connectivity index is 1.75. The molecule has 1 aliphatic heterocycles. The van der Waals surface area contributed by atoms with Gasteiger partial charge in [-0.15, -0.1) is 6.58 Å². The molecule has 0 bridgehead atoms. The molecule has 23 heavy (non-hydrogen) atoms. The van der Waals surface area contributed by atoms with Crippen LogP contribution < -0.4 is 20.1 Å². The summed E-state index contributed by atoms with van der Waals surface area (Å²) in [5.74, 6) is 1.78. The number of carbonyl (C=O) groups excluding carboxylic acids is 1. The first kappa shape index (κ1) is 17.3. The third kappa shape index (κ3) is 5.60. The second-order valence-electron chi connectivity index (χ2n) is 5.76. The predicted octanol–water partition coefficient (Wildman–Crippen LogP) is 1.92. The zero-order valence-electron chi connectivity index (χ0n) is 13.8. The molecular formula is C18H26N2O3. The van der Waals surface area contributed by atoms with Crippen molar-refractivity contribution in [2.45, 2.75) is 19.3 Å². The highest BCUT2D eigenvalue weighted by atomic mass is 16.5. The SMILES string of the molecule is C=CCc1ccc(OCC(=O)NCCC2CCNC2)c(OC)c1. The molecule has 1 heterocycles. The fourth-order valence-electron chi connectivity index (χ4n) is 2.70. The molecule has 126 valence electrons. The van der Waals surface area contributed by atoms with Crippen LogP contribution in [0.5, 0.6) is 11.5 Å². The maximum atomic E-state index is 11.9. The number of allylic oxidation sites excluding steroid dienone is 1. The highest BCUT2D eigenvalue weighted by Crippen LogP contribution is 2.28. The van der Waals surface area contributed by atoms with Gasteiger partial charge in [-0.1, -0.05) is 12.1 Å². The van der Waals surface area contributed by atoms with E-state index in [0.717, 1.165) is 31.5 Å². The molecule has 1 fully saturated rings. The lowest BCUT2D eigenvalue weighted by molar-refractivity contribution is -0.123. The van der Waals surface area contributed by atoms with E-state index in [0.29, 0.717) is 24.0 Å². The number of methoxy groups -OCH3 is 1. The molecule has 2 rings (SSSR count). The molecule has 0 spiro atoms. The molecule has 1 amide bonds. The van der Waals surface area contributed by atoms with Crippen LogP contribution in [-0.4, -0.2) is 39.3 Å². The van der Waals surface area contributed by atoms with Crippen LogP contribution in [-0.2, 0) is 11.2 Å². The zero-order chi connectivity index (χ0) is 16.5. The Morgan fingerprint density at radius 2 is 2.35 bits per heavy atom. The van der Waals surface area contributed by atoms with Crippen molar-refractivity contribution in [2.24, 2.45) is 5.92 Å². The molecule has 0 radical (unpaired) electrons. The first-order chi connectivity index (χ1) is 11.2. The monoisotopic (exact) mass is 318 g/mol. The van der Waals surface area contributed by atoms with Crippen LogP contribution in [0.2, 0.25) is 0 Å². The molecule has 5 heteroatoms. The van der Waals surface area contributed by atoms with E-state index in [-0.39, 0.29) is 12.5 Å². The van der Waals surface area contributed by atoms with E-state index in [1.165, 1.54) is 6.42 Å². The van der Waals surface area contributed by atoms with Gasteiger partial charge in [0.2, 0.25) is 0 Å². The summed E-state index contributed by atoms with van der Waals surface area (Å²) in [6.07, 6.45) is 4.81. The number of hydrogen-bond acceptors (Lipinski definition) is 4. The Hall–Kier alpha value is -2.01. The van der Waals surface area contributed by atoms with Gasteiger partial charge in [-0.25, -0.2) is 0 Å². The second-order valence-corrected chi connectivity index (χ2v) is 5.76. The number of amides is 1. The number of carbonyl (C=O) groups is 1. The summed E-state index contributed by atoms with van der Waals surface area (Å²) < 4.78 is 10.9. The fourth-order valence-corrected chi connectivity index (χ4v) is 2.70. The Morgan fingerprint density at radius 1 is 1.48 bits per heavy atom. The van der Waals surface area contributed by atoms with E-state index in [1.54, 1.807) is 7.11 Å². The van der Waals surface area contributed by atoms with Crippen LogP contribution in [0.1, 0.15) is 18.4 Å². The summed E-state index contributed by atoms with van der Waals surface area (Å²) in [4.78, 5) is 11.9. The summed E-state index contributed by atoms with van der Waals surface area (Å²) in [5.41, 5.74) is 1.10. The first-order valence-electron chi connectivity index (χ1n) is 8.11. The second kappa shape index (κ2) is 9.20. The lowest BCUT2D eigenvalue weighted by atomic mass is 10.1. The van der Waals surface area contributed by atoms with E-state index in [9.17, 15) is 4.79 Å². The van der Waals surface area contributed by atoms with Crippen molar-refractivity contribution < 1.29 is 14.3 Å². The zero-order valence-corrected chi connectivity index (χ0v) is 13.8. The molecule has 1 aliphatic rings. The van der Waals surface area contributed by atoms with Gasteiger partial charge in [-0.05, 0) is 56.0 Å². The molecule has 1 unspecified atom stereocenters. The van der Waals surface area contributed by atoms with Gasteiger partial charge in [0, 0.05) is 6.54 Å². The van der Waals surface area contributed by atoms with Gasteiger partial charge in [0.05, 0.1) is 7.11 Å². The number of rotatable bonds is 9. The highest BCUT2D eigenvalue weighted by molar-refractivity contribution is 5.77. The quantitative estimate of drug-likeness (QED) is 0.683. The third-order valence-electron chi connectivity index (χ3n) is 4.00. The largest absolute Gasteiger partial charge is 0.493 e. The maximum Gasteiger partial charge on any atom is 0.257 e. The van der Waals surface area contributed by atoms with Crippen LogP contribution in [0.4, 0.5) is 0 Å². The molecule has 5 nitrogen and oxygen atoms in total. The van der Waals surface area contributed by atoms with Crippen LogP contribution in [0.3, 0.4) is 0 Å². The number of nitrogens with one attached hydrogen (secondary N) is 2. The van der Waals surface area contributed by atoms with Crippen LogP contribution in [0, 0.1) is 5.92 Å². The molecule has 0 aliphatic carbocycles. The molecular weight excluding hydrogens is 292 g/mol. The smallest absolute Gasteiger partial charge is 0.257 e. The summed E-state index contributed by atoms with van der Waals surface area (Å²) in [7, 11) is 1.59. The standard InChI is InChI=1S/C18H26N2O3/c1-3-4-14-5-6-16(17(11-14)22-2)23-13-18(21)20-10-8-15-7-9-19-12-15/h3,5-6,11,15,19H,1,4,7-10,12-13H2,2H3,(H,20,21). The maximum absolute atomic E-state index is 11.9. The summed E-state index contributed by atoms with van der Waals surface area (Å²) in [5, 5.41) is 6.23. The van der Waals surface area contributed by atoms with Gasteiger partial charge in [-0.3, -0.25) is 4.79 Å². The van der Waals surface area contributed by atoms with Crippen LogP contribution in [0.15, 0.2) is 30.9 Å². The minimum Gasteiger partial charge on any atom is -0.493 e. The number of ether oxygens (including phenoxy) is 2. The molecule has 2 N–H and O–H groups in total. The molecule has 1 aromatic rings. The molecule has 1 atom stereocenters. The summed E-state index contributed by atoms with van der Waals surface area (Å²) in [6, 6.07) is 5.68. The Kier molecular flexibility index (Phi) is 6.94. The van der Waals surface area contributed by atoms with Gasteiger partial charge < -0.3 is 20.1 Å². The average Bonchev–Trinajstić information content (AvgIpc) is 3.07. The van der Waals surface area contributed by atoms with Crippen molar-refractivity contribution in [2.75, 3.05) is 33.4 Å². The molecule has 1 aromatic carbocycles. The Morgan fingerprint density at radius 3 is 3.04 bits per heavy atom. The van der Waals surface area contributed by atoms with E-state index in [2.05, 4.69) is 17.2 Å². The van der Waals surface area contributed by atoms with Gasteiger partial charge in [0.1, 0.15) is 0 Å². The van der Waals surface area contributed by atoms with E-state index in [1.807, 2.05) is 24.3 Å². The van der Waals surface area contributed by atoms with Gasteiger partial charge in [0.25, 0.3) is 5.91 Å². The van der Waals surface area contributed by atoms with Crippen molar-refractivity contribution in [1.29, 1.82) is 0 Å². The van der Waals surface area contributed by atoms with E-state index in [4.69, 9.17) is 9.47 Å². The topological polar surface area (TPSA) is 59.6 Å². The Labute approximate surface area is 138 Å². The predicted molar refractivity (Wildman–Crippen MR) is 91.0 cm³/mol. The Bertz CT molecular complexity index is 525. The third-order valence-corrected chi connectivity index (χ3v) is 4.00. The summed E-state index contributed by atoms with van der Waals surface area (Å²) in [6.45, 7) is 6.56.